The second-order valence-electron chi connectivity index (χ2n) is 6.80. The van der Waals surface area contributed by atoms with E-state index >= 15 is 0 Å². The summed E-state index contributed by atoms with van der Waals surface area (Å²) in [5.41, 5.74) is 1.95. The number of aromatic amines is 1. The fourth-order valence-electron chi connectivity index (χ4n) is 3.94. The molecule has 1 aliphatic heterocycles. The van der Waals surface area contributed by atoms with Crippen LogP contribution in [0.4, 0.5) is 0 Å². The largest absolute Gasteiger partial charge is 0.386 e. The molecule has 0 atom stereocenters. The van der Waals surface area contributed by atoms with Crippen molar-refractivity contribution < 1.29 is 8.10 Å². The monoisotopic (exact) mass is 384 g/mol. The van der Waals surface area contributed by atoms with Gasteiger partial charge in [-0.1, -0.05) is 0 Å². The van der Waals surface area contributed by atoms with Gasteiger partial charge in [0.25, 0.3) is 0 Å². The van der Waals surface area contributed by atoms with Crippen LogP contribution in [0.25, 0.3) is 22.3 Å². The number of rotatable bonds is 5. The molecule has 27 heavy (non-hydrogen) atoms. The summed E-state index contributed by atoms with van der Waals surface area (Å²) in [6.07, 6.45) is 7.33. The number of quaternary nitrogens is 1. The fraction of sp³-hybridized carbons (Fsp3) is 0.412. The zero-order chi connectivity index (χ0) is 19.1. The number of nitrogens with zero attached hydrogens (tertiary/aromatic N) is 7. The van der Waals surface area contributed by atoms with Crippen LogP contribution in [0.15, 0.2) is 35.3 Å². The quantitative estimate of drug-likeness (QED) is 0.534. The zero-order valence-electron chi connectivity index (χ0n) is 15.2. The first-order valence-electron chi connectivity index (χ1n) is 8.66. The predicted octanol–water partition coefficient (Wildman–Crippen LogP) is 1.97. The maximum Gasteiger partial charge on any atom is 0.170 e. The third kappa shape index (κ3) is 2.62. The summed E-state index contributed by atoms with van der Waals surface area (Å²) >= 11 is 0. The second-order valence-corrected chi connectivity index (χ2v) is 8.40. The molecule has 1 saturated heterocycles. The summed E-state index contributed by atoms with van der Waals surface area (Å²) in [7, 11) is 0.246. The Hall–Kier alpha value is -2.77. The van der Waals surface area contributed by atoms with E-state index in [1.165, 1.54) is 6.33 Å². The molecule has 140 valence electrons. The number of aromatic nitrogens is 5. The first kappa shape index (κ1) is 17.6. The molecule has 0 bridgehead atoms. The van der Waals surface area contributed by atoms with Crippen molar-refractivity contribution in [3.8, 4) is 17.3 Å². The maximum absolute atomic E-state index is 12.4. The Morgan fingerprint density at radius 3 is 3.00 bits per heavy atom. The minimum absolute atomic E-state index is 0.304. The molecule has 1 fully saturated rings. The summed E-state index contributed by atoms with van der Waals surface area (Å²) in [5.74, 6) is 0. The average molecular weight is 384 g/mol. The van der Waals surface area contributed by atoms with E-state index in [1.807, 2.05) is 30.1 Å². The van der Waals surface area contributed by atoms with E-state index < -0.39 is 16.3 Å². The molecule has 0 saturated carbocycles. The van der Waals surface area contributed by atoms with Crippen LogP contribution in [0.2, 0.25) is 0 Å². The topological polar surface area (TPSA) is 113 Å². The Bertz CT molecular complexity index is 1110. The van der Waals surface area contributed by atoms with Crippen LogP contribution < -0.4 is 0 Å². The van der Waals surface area contributed by atoms with Crippen LogP contribution in [-0.2, 0) is 20.5 Å². The van der Waals surface area contributed by atoms with Crippen LogP contribution in [0.5, 0.6) is 0 Å². The SMILES string of the molecule is CC[N+]1([S-](=O)=NC)CC(CC#N)(n2cc(-c3ncnc4[nH]ccc34)cn2)C1. The molecular weight excluding hydrogens is 364 g/mol. The number of nitriles is 1. The normalized spacial score (nSPS) is 26.0. The lowest BCUT2D eigenvalue weighted by atomic mass is 9.86. The highest BCUT2D eigenvalue weighted by molar-refractivity contribution is 7.68. The Labute approximate surface area is 158 Å². The Morgan fingerprint density at radius 1 is 1.48 bits per heavy atom. The van der Waals surface area contributed by atoms with Crippen molar-refractivity contribution in [2.24, 2.45) is 4.36 Å². The number of likely N-dealkylation sites (tertiary alicyclic amines) is 1. The summed E-state index contributed by atoms with van der Waals surface area (Å²) in [6, 6.07) is 4.20. The van der Waals surface area contributed by atoms with Crippen molar-refractivity contribution in [3.63, 3.8) is 0 Å². The summed E-state index contributed by atoms with van der Waals surface area (Å²) in [6.45, 7) is 3.81. The fourth-order valence-corrected chi connectivity index (χ4v) is 5.20. The lowest BCUT2D eigenvalue weighted by molar-refractivity contribution is -0.862. The molecule has 3 aromatic rings. The summed E-state index contributed by atoms with van der Waals surface area (Å²) in [5, 5.41) is 14.8. The summed E-state index contributed by atoms with van der Waals surface area (Å²) in [4.78, 5) is 11.7. The molecule has 4 heterocycles. The average Bonchev–Trinajstić information content (AvgIpc) is 3.33. The number of likely N-dealkylation sites (N-methyl/N-ethyl adjacent to an activating group) is 1. The van der Waals surface area contributed by atoms with Gasteiger partial charge in [0.05, 0.1) is 30.9 Å². The molecule has 0 aliphatic carbocycles. The molecule has 0 radical (unpaired) electrons. The van der Waals surface area contributed by atoms with E-state index in [9.17, 15) is 9.47 Å². The third-order valence-electron chi connectivity index (χ3n) is 5.33. The molecule has 9 nitrogen and oxygen atoms in total. The van der Waals surface area contributed by atoms with Gasteiger partial charge in [0.15, 0.2) is 5.54 Å². The molecule has 0 unspecified atom stereocenters. The van der Waals surface area contributed by atoms with Gasteiger partial charge < -0.3 is 17.4 Å². The van der Waals surface area contributed by atoms with E-state index in [-0.39, 0.29) is 0 Å². The molecule has 1 aliphatic rings. The Kier molecular flexibility index (Phi) is 4.20. The van der Waals surface area contributed by atoms with E-state index in [0.29, 0.717) is 29.9 Å². The van der Waals surface area contributed by atoms with Crippen molar-refractivity contribution in [1.29, 1.82) is 5.26 Å². The first-order valence-corrected chi connectivity index (χ1v) is 9.73. The molecule has 4 rings (SSSR count). The molecule has 0 spiro atoms. The van der Waals surface area contributed by atoms with E-state index in [1.54, 1.807) is 13.2 Å². The highest BCUT2D eigenvalue weighted by Gasteiger charge is 2.55. The second kappa shape index (κ2) is 6.44. The predicted molar refractivity (Wildman–Crippen MR) is 100 cm³/mol. The molecule has 1 N–H and O–H groups in total. The zero-order valence-corrected chi connectivity index (χ0v) is 16.0. The number of fused-ring (bicyclic) bond motifs is 1. The minimum Gasteiger partial charge on any atom is -0.386 e. The summed E-state index contributed by atoms with van der Waals surface area (Å²) < 4.78 is 18.6. The van der Waals surface area contributed by atoms with Crippen LogP contribution in [0, 0.1) is 11.3 Å². The van der Waals surface area contributed by atoms with Crippen molar-refractivity contribution in [1.82, 2.24) is 24.7 Å². The highest BCUT2D eigenvalue weighted by atomic mass is 32.2. The molecule has 0 amide bonds. The molecule has 10 heteroatoms. The lowest BCUT2D eigenvalue weighted by Gasteiger charge is -2.58. The number of hydrogen-bond acceptors (Lipinski definition) is 7. The third-order valence-corrected chi connectivity index (χ3v) is 6.82. The molecular formula is C17H20N8OS. The number of nitrogens with one attached hydrogen (secondary N) is 1. The number of H-pyrrole nitrogens is 1. The number of hydrogen-bond donors (Lipinski definition) is 1. The van der Waals surface area contributed by atoms with Gasteiger partial charge >= 0.3 is 0 Å². The Balaban J connectivity index is 1.72. The van der Waals surface area contributed by atoms with E-state index in [4.69, 9.17) is 0 Å². The maximum atomic E-state index is 12.4. The lowest BCUT2D eigenvalue weighted by Crippen LogP contribution is -2.72. The van der Waals surface area contributed by atoms with Crippen LogP contribution in [0.3, 0.4) is 0 Å². The standard InChI is InChI=1S/C17H20N8OS/c1-3-25(27(26)19-2)10-17(11-25,5-6-18)24-9-13(8-23-24)15-14-4-7-20-16(14)22-12-21-15/h4,7-9,12H,3,5,10-11H2,1-2H3,(H,20,21,22). The van der Waals surface area contributed by atoms with Gasteiger partial charge in [-0.15, -0.1) is 0 Å². The van der Waals surface area contributed by atoms with Crippen molar-refractivity contribution >= 4 is 21.8 Å². The van der Waals surface area contributed by atoms with Gasteiger partial charge in [0, 0.05) is 41.2 Å². The minimum atomic E-state index is -1.32. The molecule has 0 aromatic carbocycles. The van der Waals surface area contributed by atoms with Crippen molar-refractivity contribution in [2.75, 3.05) is 26.7 Å². The van der Waals surface area contributed by atoms with E-state index in [2.05, 4.69) is 30.5 Å². The van der Waals surface area contributed by atoms with Gasteiger partial charge in [-0.3, -0.25) is 4.68 Å². The van der Waals surface area contributed by atoms with Crippen molar-refractivity contribution in [3.05, 3.63) is 31.0 Å². The smallest absolute Gasteiger partial charge is 0.170 e. The first-order chi connectivity index (χ1) is 13.1. The molecule has 3 aromatic heterocycles. The van der Waals surface area contributed by atoms with Crippen LogP contribution in [-0.4, -0.2) is 55.3 Å². The van der Waals surface area contributed by atoms with Crippen molar-refractivity contribution in [2.45, 2.75) is 18.9 Å². The highest BCUT2D eigenvalue weighted by Crippen LogP contribution is 2.40. The van der Waals surface area contributed by atoms with Gasteiger partial charge in [-0.05, 0) is 13.0 Å². The van der Waals surface area contributed by atoms with Gasteiger partial charge in [0.1, 0.15) is 25.1 Å². The van der Waals surface area contributed by atoms with Crippen LogP contribution >= 0.6 is 0 Å². The van der Waals surface area contributed by atoms with Crippen LogP contribution in [0.1, 0.15) is 13.3 Å². The van der Waals surface area contributed by atoms with E-state index in [0.717, 1.165) is 22.3 Å². The Morgan fingerprint density at radius 2 is 2.30 bits per heavy atom. The van der Waals surface area contributed by atoms with Gasteiger partial charge in [0.2, 0.25) is 0 Å². The van der Waals surface area contributed by atoms with Gasteiger partial charge in [-0.2, -0.15) is 10.4 Å². The van der Waals surface area contributed by atoms with Gasteiger partial charge in [-0.25, -0.2) is 9.97 Å².